The van der Waals surface area contributed by atoms with Crippen molar-refractivity contribution in [2.24, 2.45) is 23.6 Å². The van der Waals surface area contributed by atoms with Crippen LogP contribution < -0.4 is 11.3 Å². The van der Waals surface area contributed by atoms with E-state index in [9.17, 15) is 4.39 Å². The Kier molecular flexibility index (Phi) is 3.12. The molecule has 3 rings (SSSR count). The minimum Gasteiger partial charge on any atom is -0.271 e. The van der Waals surface area contributed by atoms with Crippen LogP contribution in [0.3, 0.4) is 0 Å². The third-order valence-corrected chi connectivity index (χ3v) is 4.84. The van der Waals surface area contributed by atoms with E-state index in [0.717, 1.165) is 17.4 Å². The fourth-order valence-corrected chi connectivity index (χ4v) is 3.77. The van der Waals surface area contributed by atoms with E-state index in [2.05, 4.69) is 5.43 Å². The van der Waals surface area contributed by atoms with Gasteiger partial charge in [0.15, 0.2) is 0 Å². The maximum absolute atomic E-state index is 13.7. The zero-order valence-corrected chi connectivity index (χ0v) is 10.8. The number of hydrogen-bond donors (Lipinski definition) is 2. The van der Waals surface area contributed by atoms with Crippen molar-refractivity contribution in [3.05, 3.63) is 35.1 Å². The highest BCUT2D eigenvalue weighted by Gasteiger charge is 2.54. The maximum atomic E-state index is 13.7. The highest BCUT2D eigenvalue weighted by Crippen LogP contribution is 2.60. The van der Waals surface area contributed by atoms with Crippen LogP contribution in [0.25, 0.3) is 0 Å². The summed E-state index contributed by atoms with van der Waals surface area (Å²) in [5, 5.41) is 0. The first-order valence-corrected chi connectivity index (χ1v) is 6.94. The Morgan fingerprint density at radius 2 is 1.94 bits per heavy atom. The van der Waals surface area contributed by atoms with Crippen LogP contribution in [0, 0.1) is 30.5 Å². The molecular formula is C15H21FN2. The van der Waals surface area contributed by atoms with Crippen molar-refractivity contribution in [2.45, 2.75) is 38.6 Å². The Labute approximate surface area is 108 Å². The molecule has 3 unspecified atom stereocenters. The summed E-state index contributed by atoms with van der Waals surface area (Å²) in [4.78, 5) is 0. The first kappa shape index (κ1) is 12.1. The van der Waals surface area contributed by atoms with Crippen molar-refractivity contribution < 1.29 is 4.39 Å². The quantitative estimate of drug-likeness (QED) is 0.637. The first-order valence-electron chi connectivity index (χ1n) is 6.94. The van der Waals surface area contributed by atoms with Gasteiger partial charge in [0.2, 0.25) is 0 Å². The van der Waals surface area contributed by atoms with Crippen molar-refractivity contribution in [1.82, 2.24) is 5.43 Å². The average molecular weight is 248 g/mol. The number of halogens is 1. The average Bonchev–Trinajstić information content (AvgIpc) is 3.09. The minimum atomic E-state index is -0.128. The number of nitrogens with two attached hydrogens (primary N) is 1. The van der Waals surface area contributed by atoms with Crippen LogP contribution >= 0.6 is 0 Å². The molecular weight excluding hydrogens is 227 g/mol. The van der Waals surface area contributed by atoms with Gasteiger partial charge in [0.1, 0.15) is 5.82 Å². The molecule has 1 aromatic carbocycles. The van der Waals surface area contributed by atoms with Gasteiger partial charge in [-0.25, -0.2) is 4.39 Å². The van der Waals surface area contributed by atoms with Gasteiger partial charge in [0.05, 0.1) is 0 Å². The van der Waals surface area contributed by atoms with Gasteiger partial charge in [-0.05, 0) is 54.7 Å². The van der Waals surface area contributed by atoms with Gasteiger partial charge in [0, 0.05) is 6.04 Å². The molecule has 0 spiro atoms. The lowest BCUT2D eigenvalue weighted by Crippen LogP contribution is -2.30. The van der Waals surface area contributed by atoms with E-state index in [1.807, 2.05) is 12.1 Å². The van der Waals surface area contributed by atoms with Crippen molar-refractivity contribution in [3.8, 4) is 0 Å². The standard InChI is InChI=1S/C15H21FN2/c1-9-6-7-10(8-13(9)16)15(18-17)14-11-4-2-3-5-12(11)14/h6-8,11-12,14-15,18H,2-5,17H2,1H3. The number of fused-ring (bicyclic) bond motifs is 1. The second-order valence-corrected chi connectivity index (χ2v) is 5.84. The van der Waals surface area contributed by atoms with Crippen molar-refractivity contribution in [1.29, 1.82) is 0 Å². The van der Waals surface area contributed by atoms with Crippen LogP contribution in [0.1, 0.15) is 42.9 Å². The van der Waals surface area contributed by atoms with Gasteiger partial charge in [-0.3, -0.25) is 11.3 Å². The molecule has 2 fully saturated rings. The first-order chi connectivity index (χ1) is 8.72. The SMILES string of the molecule is Cc1ccc(C(NN)C2C3CCCCC32)cc1F. The lowest BCUT2D eigenvalue weighted by Gasteiger charge is -2.17. The number of rotatable bonds is 3. The Bertz CT molecular complexity index is 434. The molecule has 1 aromatic rings. The molecule has 2 aliphatic carbocycles. The molecule has 0 heterocycles. The third-order valence-electron chi connectivity index (χ3n) is 4.84. The van der Waals surface area contributed by atoms with Crippen LogP contribution in [0.2, 0.25) is 0 Å². The summed E-state index contributed by atoms with van der Waals surface area (Å²) in [6.07, 6.45) is 5.33. The van der Waals surface area contributed by atoms with Crippen LogP contribution in [0.15, 0.2) is 18.2 Å². The maximum Gasteiger partial charge on any atom is 0.126 e. The van der Waals surface area contributed by atoms with Gasteiger partial charge in [0.25, 0.3) is 0 Å². The summed E-state index contributed by atoms with van der Waals surface area (Å²) in [6, 6.07) is 5.62. The second kappa shape index (κ2) is 4.63. The molecule has 0 aromatic heterocycles. The van der Waals surface area contributed by atoms with E-state index in [0.29, 0.717) is 11.5 Å². The number of aryl methyl sites for hydroxylation is 1. The lowest BCUT2D eigenvalue weighted by atomic mass is 9.99. The Morgan fingerprint density at radius 3 is 2.50 bits per heavy atom. The smallest absolute Gasteiger partial charge is 0.126 e. The van der Waals surface area contributed by atoms with Crippen LogP contribution in [0.5, 0.6) is 0 Å². The summed E-state index contributed by atoms with van der Waals surface area (Å²) < 4.78 is 13.7. The number of hydrogen-bond acceptors (Lipinski definition) is 2. The monoisotopic (exact) mass is 248 g/mol. The second-order valence-electron chi connectivity index (χ2n) is 5.84. The molecule has 2 aliphatic rings. The minimum absolute atomic E-state index is 0.119. The number of nitrogens with one attached hydrogen (secondary N) is 1. The van der Waals surface area contributed by atoms with E-state index in [1.165, 1.54) is 25.7 Å². The molecule has 3 N–H and O–H groups in total. The predicted molar refractivity (Wildman–Crippen MR) is 70.1 cm³/mol. The van der Waals surface area contributed by atoms with Crippen LogP contribution in [-0.2, 0) is 0 Å². The topological polar surface area (TPSA) is 38.0 Å². The van der Waals surface area contributed by atoms with Gasteiger partial charge >= 0.3 is 0 Å². The lowest BCUT2D eigenvalue weighted by molar-refractivity contribution is 0.453. The van der Waals surface area contributed by atoms with Gasteiger partial charge in [-0.2, -0.15) is 0 Å². The molecule has 0 radical (unpaired) electrons. The molecule has 3 atom stereocenters. The number of benzene rings is 1. The zero-order valence-electron chi connectivity index (χ0n) is 10.8. The molecule has 3 heteroatoms. The molecule has 2 nitrogen and oxygen atoms in total. The fraction of sp³-hybridized carbons (Fsp3) is 0.600. The molecule has 0 bridgehead atoms. The summed E-state index contributed by atoms with van der Waals surface area (Å²) >= 11 is 0. The molecule has 2 saturated carbocycles. The highest BCUT2D eigenvalue weighted by atomic mass is 19.1. The molecule has 0 saturated heterocycles. The fourth-order valence-electron chi connectivity index (χ4n) is 3.77. The van der Waals surface area contributed by atoms with Crippen LogP contribution in [0.4, 0.5) is 4.39 Å². The Morgan fingerprint density at radius 1 is 1.28 bits per heavy atom. The summed E-state index contributed by atoms with van der Waals surface area (Å²) in [5.41, 5.74) is 4.61. The summed E-state index contributed by atoms with van der Waals surface area (Å²) in [6.45, 7) is 1.79. The summed E-state index contributed by atoms with van der Waals surface area (Å²) in [5.74, 6) is 7.82. The molecule has 98 valence electrons. The largest absolute Gasteiger partial charge is 0.271 e. The third kappa shape index (κ3) is 1.95. The highest BCUT2D eigenvalue weighted by molar-refractivity contribution is 5.28. The molecule has 0 amide bonds. The molecule has 0 aliphatic heterocycles. The molecule has 18 heavy (non-hydrogen) atoms. The van der Waals surface area contributed by atoms with Gasteiger partial charge < -0.3 is 0 Å². The number of hydrazine groups is 1. The van der Waals surface area contributed by atoms with E-state index < -0.39 is 0 Å². The predicted octanol–water partition coefficient (Wildman–Crippen LogP) is 3.07. The van der Waals surface area contributed by atoms with Crippen molar-refractivity contribution >= 4 is 0 Å². The van der Waals surface area contributed by atoms with Crippen molar-refractivity contribution in [2.75, 3.05) is 0 Å². The van der Waals surface area contributed by atoms with Crippen molar-refractivity contribution in [3.63, 3.8) is 0 Å². The van der Waals surface area contributed by atoms with E-state index in [1.54, 1.807) is 13.0 Å². The van der Waals surface area contributed by atoms with E-state index in [-0.39, 0.29) is 11.9 Å². The Hall–Kier alpha value is -0.930. The van der Waals surface area contributed by atoms with E-state index in [4.69, 9.17) is 5.84 Å². The van der Waals surface area contributed by atoms with Gasteiger partial charge in [-0.15, -0.1) is 0 Å². The van der Waals surface area contributed by atoms with Crippen LogP contribution in [-0.4, -0.2) is 0 Å². The van der Waals surface area contributed by atoms with E-state index >= 15 is 0 Å². The normalized spacial score (nSPS) is 31.8. The Balaban J connectivity index is 1.82. The zero-order chi connectivity index (χ0) is 12.7. The van der Waals surface area contributed by atoms with Gasteiger partial charge in [-0.1, -0.05) is 25.0 Å². The summed E-state index contributed by atoms with van der Waals surface area (Å²) in [7, 11) is 0.